The molecule has 1 aliphatic rings. The number of carbonyl (C=O) groups is 1. The van der Waals surface area contributed by atoms with Gasteiger partial charge in [-0.1, -0.05) is 18.9 Å². The summed E-state index contributed by atoms with van der Waals surface area (Å²) < 4.78 is 4.73. The van der Waals surface area contributed by atoms with Gasteiger partial charge in [0.2, 0.25) is 0 Å². The molecule has 1 rings (SSSR count). The predicted molar refractivity (Wildman–Crippen MR) is 53.8 cm³/mol. The lowest BCUT2D eigenvalue weighted by Crippen LogP contribution is -2.22. The Morgan fingerprint density at radius 3 is 2.71 bits per heavy atom. The molecule has 0 atom stereocenters. The lowest BCUT2D eigenvalue weighted by Gasteiger charge is -2.19. The molecule has 1 aliphatic carbocycles. The van der Waals surface area contributed by atoms with Crippen LogP contribution >= 0.6 is 0 Å². The van der Waals surface area contributed by atoms with Crippen molar-refractivity contribution in [3.63, 3.8) is 0 Å². The normalized spacial score (nSPS) is 20.1. The molecule has 0 aliphatic heterocycles. The van der Waals surface area contributed by atoms with Crippen molar-refractivity contribution < 1.29 is 14.6 Å². The lowest BCUT2D eigenvalue weighted by atomic mass is 9.98. The Morgan fingerprint density at radius 1 is 1.50 bits per heavy atom. The van der Waals surface area contributed by atoms with Crippen LogP contribution in [0.5, 0.6) is 0 Å². The van der Waals surface area contributed by atoms with Crippen molar-refractivity contribution in [3.05, 3.63) is 12.2 Å². The first kappa shape index (κ1) is 11.2. The summed E-state index contributed by atoms with van der Waals surface area (Å²) in [5, 5.41) is 9.93. The van der Waals surface area contributed by atoms with Gasteiger partial charge in [0.25, 0.3) is 0 Å². The van der Waals surface area contributed by atoms with E-state index in [4.69, 9.17) is 4.74 Å². The van der Waals surface area contributed by atoms with Crippen LogP contribution in [0.15, 0.2) is 12.2 Å². The van der Waals surface area contributed by atoms with Gasteiger partial charge in [-0.3, -0.25) is 0 Å². The number of hydrogen-bond acceptors (Lipinski definition) is 3. The molecule has 0 heterocycles. The summed E-state index contributed by atoms with van der Waals surface area (Å²) in [6.45, 7) is 2.17. The topological polar surface area (TPSA) is 46.5 Å². The first-order valence-electron chi connectivity index (χ1n) is 5.22. The minimum Gasteiger partial charge on any atom is -0.463 e. The third-order valence-electron chi connectivity index (χ3n) is 2.57. The highest BCUT2D eigenvalue weighted by Crippen LogP contribution is 2.32. The first-order chi connectivity index (χ1) is 6.66. The van der Waals surface area contributed by atoms with E-state index in [-0.39, 0.29) is 5.97 Å². The molecule has 1 saturated carbocycles. The second-order valence-electron chi connectivity index (χ2n) is 3.79. The fraction of sp³-hybridized carbons (Fsp3) is 0.727. The molecule has 1 N–H and O–H groups in total. The molecular weight excluding hydrogens is 180 g/mol. The SMILES string of the molecule is CCOC(=O)C=CCC1(O)CCCC1. The molecule has 1 fully saturated rings. The molecule has 0 bridgehead atoms. The largest absolute Gasteiger partial charge is 0.463 e. The number of hydrogen-bond donors (Lipinski definition) is 1. The van der Waals surface area contributed by atoms with Crippen molar-refractivity contribution in [2.24, 2.45) is 0 Å². The van der Waals surface area contributed by atoms with E-state index in [2.05, 4.69) is 0 Å². The van der Waals surface area contributed by atoms with E-state index in [1.807, 2.05) is 0 Å². The van der Waals surface area contributed by atoms with Crippen LogP contribution in [0.4, 0.5) is 0 Å². The van der Waals surface area contributed by atoms with E-state index in [0.29, 0.717) is 13.0 Å². The number of esters is 1. The van der Waals surface area contributed by atoms with Crippen molar-refractivity contribution in [1.82, 2.24) is 0 Å². The molecule has 0 aromatic rings. The second kappa shape index (κ2) is 5.15. The molecule has 80 valence electrons. The number of aliphatic hydroxyl groups is 1. The number of ether oxygens (including phenoxy) is 1. The molecule has 0 amide bonds. The third kappa shape index (κ3) is 3.50. The monoisotopic (exact) mass is 198 g/mol. The molecule has 0 aromatic heterocycles. The van der Waals surface area contributed by atoms with Gasteiger partial charge >= 0.3 is 5.97 Å². The van der Waals surface area contributed by atoms with Crippen molar-refractivity contribution in [2.45, 2.75) is 44.6 Å². The molecule has 0 aromatic carbocycles. The van der Waals surface area contributed by atoms with E-state index in [1.165, 1.54) is 6.08 Å². The Balaban J connectivity index is 2.28. The maximum absolute atomic E-state index is 10.9. The molecule has 3 heteroatoms. The fourth-order valence-corrected chi connectivity index (χ4v) is 1.80. The van der Waals surface area contributed by atoms with Crippen LogP contribution in [0.3, 0.4) is 0 Å². The van der Waals surface area contributed by atoms with Crippen molar-refractivity contribution in [2.75, 3.05) is 6.61 Å². The highest BCUT2D eigenvalue weighted by Gasteiger charge is 2.29. The van der Waals surface area contributed by atoms with Crippen LogP contribution in [-0.4, -0.2) is 23.3 Å². The van der Waals surface area contributed by atoms with E-state index >= 15 is 0 Å². The van der Waals surface area contributed by atoms with Gasteiger partial charge in [-0.25, -0.2) is 4.79 Å². The quantitative estimate of drug-likeness (QED) is 0.553. The summed E-state index contributed by atoms with van der Waals surface area (Å²) in [7, 11) is 0. The zero-order valence-electron chi connectivity index (χ0n) is 8.66. The number of carbonyl (C=O) groups excluding carboxylic acids is 1. The van der Waals surface area contributed by atoms with Crippen LogP contribution in [0, 0.1) is 0 Å². The van der Waals surface area contributed by atoms with E-state index in [9.17, 15) is 9.90 Å². The summed E-state index contributed by atoms with van der Waals surface area (Å²) >= 11 is 0. The van der Waals surface area contributed by atoms with E-state index in [0.717, 1.165) is 25.7 Å². The van der Waals surface area contributed by atoms with Gasteiger partial charge in [0, 0.05) is 6.08 Å². The van der Waals surface area contributed by atoms with Crippen LogP contribution < -0.4 is 0 Å². The van der Waals surface area contributed by atoms with Crippen LogP contribution in [0.2, 0.25) is 0 Å². The van der Waals surface area contributed by atoms with E-state index < -0.39 is 5.60 Å². The zero-order valence-corrected chi connectivity index (χ0v) is 8.66. The molecule has 0 spiro atoms. The molecule has 0 saturated heterocycles. The van der Waals surface area contributed by atoms with Crippen LogP contribution in [-0.2, 0) is 9.53 Å². The lowest BCUT2D eigenvalue weighted by molar-refractivity contribution is -0.137. The average molecular weight is 198 g/mol. The van der Waals surface area contributed by atoms with Gasteiger partial charge < -0.3 is 9.84 Å². The highest BCUT2D eigenvalue weighted by atomic mass is 16.5. The van der Waals surface area contributed by atoms with Crippen LogP contribution in [0.25, 0.3) is 0 Å². The van der Waals surface area contributed by atoms with Gasteiger partial charge in [-0.15, -0.1) is 0 Å². The first-order valence-corrected chi connectivity index (χ1v) is 5.22. The van der Waals surface area contributed by atoms with Crippen molar-refractivity contribution in [3.8, 4) is 0 Å². The van der Waals surface area contributed by atoms with Crippen molar-refractivity contribution >= 4 is 5.97 Å². The van der Waals surface area contributed by atoms with Gasteiger partial charge in [0.1, 0.15) is 0 Å². The smallest absolute Gasteiger partial charge is 0.330 e. The van der Waals surface area contributed by atoms with Crippen molar-refractivity contribution in [1.29, 1.82) is 0 Å². The molecule has 0 unspecified atom stereocenters. The van der Waals surface area contributed by atoms with Crippen LogP contribution in [0.1, 0.15) is 39.0 Å². The Kier molecular flexibility index (Phi) is 4.14. The summed E-state index contributed by atoms with van der Waals surface area (Å²) in [4.78, 5) is 10.9. The average Bonchev–Trinajstić information content (AvgIpc) is 2.53. The molecule has 0 radical (unpaired) electrons. The highest BCUT2D eigenvalue weighted by molar-refractivity contribution is 5.81. The van der Waals surface area contributed by atoms with Gasteiger partial charge in [0.05, 0.1) is 12.2 Å². The maximum atomic E-state index is 10.9. The summed E-state index contributed by atoms with van der Waals surface area (Å²) in [6, 6.07) is 0. The number of rotatable bonds is 4. The molecule has 14 heavy (non-hydrogen) atoms. The fourth-order valence-electron chi connectivity index (χ4n) is 1.80. The van der Waals surface area contributed by atoms with Gasteiger partial charge in [-0.2, -0.15) is 0 Å². The maximum Gasteiger partial charge on any atom is 0.330 e. The second-order valence-corrected chi connectivity index (χ2v) is 3.79. The standard InChI is InChI=1S/C11H18O3/c1-2-14-10(12)6-5-9-11(13)7-3-4-8-11/h5-6,13H,2-4,7-9H2,1H3. The van der Waals surface area contributed by atoms with E-state index in [1.54, 1.807) is 13.0 Å². The van der Waals surface area contributed by atoms with Gasteiger partial charge in [-0.05, 0) is 26.2 Å². The molecule has 3 nitrogen and oxygen atoms in total. The predicted octanol–water partition coefficient (Wildman–Crippen LogP) is 1.80. The summed E-state index contributed by atoms with van der Waals surface area (Å²) in [6.07, 6.45) is 7.54. The minimum atomic E-state index is -0.566. The Hall–Kier alpha value is -0.830. The summed E-state index contributed by atoms with van der Waals surface area (Å²) in [5.74, 6) is -0.325. The zero-order chi connectivity index (χ0) is 10.4. The Morgan fingerprint density at radius 2 is 2.14 bits per heavy atom. The Bertz CT molecular complexity index is 215. The minimum absolute atomic E-state index is 0.325. The molecular formula is C11H18O3. The van der Waals surface area contributed by atoms with Gasteiger partial charge in [0.15, 0.2) is 0 Å². The Labute approximate surface area is 84.8 Å². The third-order valence-corrected chi connectivity index (χ3v) is 2.57. The summed E-state index contributed by atoms with van der Waals surface area (Å²) in [5.41, 5.74) is -0.566.